The average Bonchev–Trinajstić information content (AvgIpc) is 2.26. The van der Waals surface area contributed by atoms with Crippen molar-refractivity contribution >= 4 is 0 Å². The van der Waals surface area contributed by atoms with Crippen LogP contribution in [0.5, 0.6) is 5.75 Å². The average molecular weight is 195 g/mol. The van der Waals surface area contributed by atoms with Gasteiger partial charge in [-0.3, -0.25) is 0 Å². The van der Waals surface area contributed by atoms with Gasteiger partial charge in [-0.05, 0) is 24.6 Å². The van der Waals surface area contributed by atoms with Gasteiger partial charge >= 0.3 is 0 Å². The molecule has 0 saturated heterocycles. The molecule has 0 spiro atoms. The molecule has 14 heavy (non-hydrogen) atoms. The molecule has 1 aromatic carbocycles. The summed E-state index contributed by atoms with van der Waals surface area (Å²) in [6, 6.07) is 8.01. The maximum Gasteiger partial charge on any atom is 0.119 e. The van der Waals surface area contributed by atoms with E-state index in [1.54, 1.807) is 7.11 Å². The van der Waals surface area contributed by atoms with Gasteiger partial charge in [-0.25, -0.2) is 0 Å². The smallest absolute Gasteiger partial charge is 0.119 e. The summed E-state index contributed by atoms with van der Waals surface area (Å²) in [6.07, 6.45) is 0. The van der Waals surface area contributed by atoms with Crippen molar-refractivity contribution < 1.29 is 9.84 Å². The molecule has 0 aliphatic heterocycles. The van der Waals surface area contributed by atoms with E-state index >= 15 is 0 Å². The van der Waals surface area contributed by atoms with Crippen molar-refractivity contribution in [3.05, 3.63) is 29.8 Å². The quantitative estimate of drug-likeness (QED) is 0.741. The second-order valence-corrected chi connectivity index (χ2v) is 3.32. The number of methoxy groups -OCH3 is 1. The van der Waals surface area contributed by atoms with Crippen LogP contribution in [0.2, 0.25) is 0 Å². The highest BCUT2D eigenvalue weighted by molar-refractivity contribution is 5.28. The molecule has 0 aliphatic rings. The second kappa shape index (κ2) is 5.62. The van der Waals surface area contributed by atoms with Gasteiger partial charge in [-0.1, -0.05) is 12.1 Å². The normalized spacial score (nSPS) is 12.5. The number of aliphatic hydroxyl groups excluding tert-OH is 1. The topological polar surface area (TPSA) is 41.5 Å². The molecule has 2 N–H and O–H groups in total. The Morgan fingerprint density at radius 3 is 2.93 bits per heavy atom. The molecule has 1 atom stereocenters. The molecule has 0 radical (unpaired) electrons. The summed E-state index contributed by atoms with van der Waals surface area (Å²) in [7, 11) is 1.66. The van der Waals surface area contributed by atoms with Crippen LogP contribution in [0.1, 0.15) is 12.5 Å². The number of nitrogens with one attached hydrogen (secondary N) is 1. The van der Waals surface area contributed by atoms with Gasteiger partial charge < -0.3 is 15.2 Å². The van der Waals surface area contributed by atoms with E-state index in [1.165, 1.54) is 0 Å². The van der Waals surface area contributed by atoms with E-state index in [-0.39, 0.29) is 12.6 Å². The van der Waals surface area contributed by atoms with Gasteiger partial charge in [0, 0.05) is 12.6 Å². The minimum Gasteiger partial charge on any atom is -0.497 e. The lowest BCUT2D eigenvalue weighted by Gasteiger charge is -2.10. The zero-order chi connectivity index (χ0) is 10.4. The van der Waals surface area contributed by atoms with Crippen LogP contribution in [0.15, 0.2) is 24.3 Å². The number of ether oxygens (including phenoxy) is 1. The SMILES string of the molecule is COc1cccc(CN[C@H](C)CO)c1. The highest BCUT2D eigenvalue weighted by Crippen LogP contribution is 2.12. The third kappa shape index (κ3) is 3.36. The van der Waals surface area contributed by atoms with Crippen molar-refractivity contribution in [1.29, 1.82) is 0 Å². The van der Waals surface area contributed by atoms with E-state index in [9.17, 15) is 0 Å². The van der Waals surface area contributed by atoms with Gasteiger partial charge in [-0.15, -0.1) is 0 Å². The summed E-state index contributed by atoms with van der Waals surface area (Å²) >= 11 is 0. The van der Waals surface area contributed by atoms with Crippen LogP contribution < -0.4 is 10.1 Å². The first-order chi connectivity index (χ1) is 6.76. The van der Waals surface area contributed by atoms with Crippen LogP contribution in [0.4, 0.5) is 0 Å². The summed E-state index contributed by atoms with van der Waals surface area (Å²) in [5.41, 5.74) is 1.16. The zero-order valence-corrected chi connectivity index (χ0v) is 8.66. The van der Waals surface area contributed by atoms with E-state index < -0.39 is 0 Å². The Labute approximate surface area is 84.7 Å². The van der Waals surface area contributed by atoms with Gasteiger partial charge in [0.25, 0.3) is 0 Å². The molecule has 3 nitrogen and oxygen atoms in total. The molecule has 0 fully saturated rings. The summed E-state index contributed by atoms with van der Waals surface area (Å²) in [6.45, 7) is 2.85. The standard InChI is InChI=1S/C11H17NO2/c1-9(8-13)12-7-10-4-3-5-11(6-10)14-2/h3-6,9,12-13H,7-8H2,1-2H3/t9-/m1/s1. The van der Waals surface area contributed by atoms with Crippen LogP contribution in [-0.4, -0.2) is 24.9 Å². The fourth-order valence-corrected chi connectivity index (χ4v) is 1.14. The van der Waals surface area contributed by atoms with Gasteiger partial charge in [-0.2, -0.15) is 0 Å². The number of hydrogen-bond acceptors (Lipinski definition) is 3. The van der Waals surface area contributed by atoms with Crippen LogP contribution >= 0.6 is 0 Å². The minimum atomic E-state index is 0.126. The molecule has 1 aromatic rings. The number of benzene rings is 1. The van der Waals surface area contributed by atoms with E-state index in [0.29, 0.717) is 0 Å². The van der Waals surface area contributed by atoms with E-state index in [0.717, 1.165) is 17.9 Å². The molecule has 0 unspecified atom stereocenters. The zero-order valence-electron chi connectivity index (χ0n) is 8.66. The summed E-state index contributed by atoms with van der Waals surface area (Å²) in [5.74, 6) is 0.862. The Bertz CT molecular complexity index is 276. The first-order valence-corrected chi connectivity index (χ1v) is 4.73. The van der Waals surface area contributed by atoms with E-state index in [1.807, 2.05) is 31.2 Å². The monoisotopic (exact) mass is 195 g/mol. The Hall–Kier alpha value is -1.06. The summed E-state index contributed by atoms with van der Waals surface area (Å²) in [5, 5.41) is 12.0. The predicted octanol–water partition coefficient (Wildman–Crippen LogP) is 1.17. The fourth-order valence-electron chi connectivity index (χ4n) is 1.14. The van der Waals surface area contributed by atoms with Crippen LogP contribution in [0.3, 0.4) is 0 Å². The third-order valence-electron chi connectivity index (χ3n) is 2.06. The largest absolute Gasteiger partial charge is 0.497 e. The van der Waals surface area contributed by atoms with Crippen molar-refractivity contribution in [3.8, 4) is 5.75 Å². The third-order valence-corrected chi connectivity index (χ3v) is 2.06. The minimum absolute atomic E-state index is 0.126. The highest BCUT2D eigenvalue weighted by Gasteiger charge is 1.99. The van der Waals surface area contributed by atoms with Gasteiger partial charge in [0.05, 0.1) is 13.7 Å². The van der Waals surface area contributed by atoms with E-state index in [4.69, 9.17) is 9.84 Å². The Morgan fingerprint density at radius 2 is 2.29 bits per heavy atom. The predicted molar refractivity (Wildman–Crippen MR) is 56.4 cm³/mol. The molecule has 0 bridgehead atoms. The fraction of sp³-hybridized carbons (Fsp3) is 0.455. The van der Waals surface area contributed by atoms with Crippen molar-refractivity contribution in [2.24, 2.45) is 0 Å². The molecule has 78 valence electrons. The lowest BCUT2D eigenvalue weighted by molar-refractivity contribution is 0.251. The molecule has 3 heteroatoms. The van der Waals surface area contributed by atoms with Crippen molar-refractivity contribution in [2.45, 2.75) is 19.5 Å². The lowest BCUT2D eigenvalue weighted by Crippen LogP contribution is -2.28. The lowest BCUT2D eigenvalue weighted by atomic mass is 10.2. The Balaban J connectivity index is 2.50. The van der Waals surface area contributed by atoms with Crippen LogP contribution in [-0.2, 0) is 6.54 Å². The maximum absolute atomic E-state index is 8.83. The van der Waals surface area contributed by atoms with Gasteiger partial charge in [0.15, 0.2) is 0 Å². The van der Waals surface area contributed by atoms with Gasteiger partial charge in [0.2, 0.25) is 0 Å². The molecule has 1 rings (SSSR count). The first kappa shape index (κ1) is 11.0. The summed E-state index contributed by atoms with van der Waals surface area (Å²) < 4.78 is 5.11. The maximum atomic E-state index is 8.83. The van der Waals surface area contributed by atoms with Gasteiger partial charge in [0.1, 0.15) is 5.75 Å². The molecular formula is C11H17NO2. The Kier molecular flexibility index (Phi) is 4.43. The highest BCUT2D eigenvalue weighted by atomic mass is 16.5. The Morgan fingerprint density at radius 1 is 1.50 bits per heavy atom. The molecule has 0 heterocycles. The van der Waals surface area contributed by atoms with E-state index in [2.05, 4.69) is 5.32 Å². The number of aliphatic hydroxyl groups is 1. The second-order valence-electron chi connectivity index (χ2n) is 3.32. The molecule has 0 saturated carbocycles. The first-order valence-electron chi connectivity index (χ1n) is 4.73. The number of hydrogen-bond donors (Lipinski definition) is 2. The van der Waals surface area contributed by atoms with Crippen LogP contribution in [0.25, 0.3) is 0 Å². The summed E-state index contributed by atoms with van der Waals surface area (Å²) in [4.78, 5) is 0. The molecule has 0 amide bonds. The van der Waals surface area contributed by atoms with Crippen molar-refractivity contribution in [2.75, 3.05) is 13.7 Å². The van der Waals surface area contributed by atoms with Crippen LogP contribution in [0, 0.1) is 0 Å². The van der Waals surface area contributed by atoms with Crippen molar-refractivity contribution in [1.82, 2.24) is 5.32 Å². The number of rotatable bonds is 5. The van der Waals surface area contributed by atoms with Crippen molar-refractivity contribution in [3.63, 3.8) is 0 Å². The molecule has 0 aliphatic carbocycles. The molecular weight excluding hydrogens is 178 g/mol. The molecule has 0 aromatic heterocycles.